The lowest BCUT2D eigenvalue weighted by atomic mass is 9.94. The van der Waals surface area contributed by atoms with Crippen molar-refractivity contribution in [2.75, 3.05) is 6.26 Å². The minimum absolute atomic E-state index is 0.0846. The van der Waals surface area contributed by atoms with E-state index >= 15 is 0 Å². The first-order valence-electron chi connectivity index (χ1n) is 4.53. The molecule has 1 atom stereocenters. The first kappa shape index (κ1) is 13.1. The zero-order chi connectivity index (χ0) is 12.6. The Bertz CT molecular complexity index is 466. The van der Waals surface area contributed by atoms with Gasteiger partial charge in [0.15, 0.2) is 9.84 Å². The number of halogens is 2. The number of rotatable bonds is 3. The minimum Gasteiger partial charge on any atom is -0.317 e. The van der Waals surface area contributed by atoms with Gasteiger partial charge in [0.05, 0.1) is 10.4 Å². The molecule has 0 spiro atoms. The topological polar surface area (TPSA) is 60.2 Å². The second-order valence-corrected chi connectivity index (χ2v) is 5.90. The number of nitrogens with two attached hydrogens (primary N) is 1. The van der Waals surface area contributed by atoms with Gasteiger partial charge in [0.25, 0.3) is 6.43 Å². The van der Waals surface area contributed by atoms with Crippen molar-refractivity contribution in [3.05, 3.63) is 29.8 Å². The molecule has 16 heavy (non-hydrogen) atoms. The van der Waals surface area contributed by atoms with E-state index in [0.29, 0.717) is 0 Å². The second-order valence-electron chi connectivity index (χ2n) is 3.88. The molecule has 0 saturated carbocycles. The molecule has 0 radical (unpaired) electrons. The molecule has 0 bridgehead atoms. The molecule has 6 heteroatoms. The maximum Gasteiger partial charge on any atom is 0.260 e. The Kier molecular flexibility index (Phi) is 3.35. The zero-order valence-electron chi connectivity index (χ0n) is 8.94. The van der Waals surface area contributed by atoms with E-state index in [2.05, 4.69) is 0 Å². The van der Waals surface area contributed by atoms with Crippen LogP contribution >= 0.6 is 0 Å². The summed E-state index contributed by atoms with van der Waals surface area (Å²) in [6, 6.07) is 5.17. The van der Waals surface area contributed by atoms with Crippen LogP contribution < -0.4 is 5.73 Å². The quantitative estimate of drug-likeness (QED) is 0.883. The van der Waals surface area contributed by atoms with Crippen molar-refractivity contribution in [2.24, 2.45) is 5.73 Å². The molecule has 0 aromatic heterocycles. The highest BCUT2D eigenvalue weighted by atomic mass is 32.2. The van der Waals surface area contributed by atoms with Gasteiger partial charge in [-0.1, -0.05) is 12.1 Å². The molecule has 0 aliphatic rings. The smallest absolute Gasteiger partial charge is 0.260 e. The van der Waals surface area contributed by atoms with E-state index in [9.17, 15) is 17.2 Å². The van der Waals surface area contributed by atoms with Gasteiger partial charge in [0.2, 0.25) is 0 Å². The Hall–Kier alpha value is -1.01. The summed E-state index contributed by atoms with van der Waals surface area (Å²) in [7, 11) is -3.31. The van der Waals surface area contributed by atoms with Crippen LogP contribution in [0.3, 0.4) is 0 Å². The average Bonchev–Trinajstić information content (AvgIpc) is 2.16. The van der Waals surface area contributed by atoms with Crippen molar-refractivity contribution in [3.63, 3.8) is 0 Å². The zero-order valence-corrected chi connectivity index (χ0v) is 9.76. The molecule has 0 aliphatic carbocycles. The van der Waals surface area contributed by atoms with Gasteiger partial charge in [-0.05, 0) is 24.6 Å². The molecule has 0 fully saturated rings. The van der Waals surface area contributed by atoms with Crippen LogP contribution in [0.15, 0.2) is 29.2 Å². The fraction of sp³-hybridized carbons (Fsp3) is 0.400. The summed E-state index contributed by atoms with van der Waals surface area (Å²) < 4.78 is 47.5. The maximum atomic E-state index is 12.6. The lowest BCUT2D eigenvalue weighted by Crippen LogP contribution is -2.40. The van der Waals surface area contributed by atoms with Crippen molar-refractivity contribution in [2.45, 2.75) is 23.8 Å². The van der Waals surface area contributed by atoms with Crippen molar-refractivity contribution in [1.29, 1.82) is 0 Å². The van der Waals surface area contributed by atoms with Gasteiger partial charge in [-0.15, -0.1) is 0 Å². The number of sulfone groups is 1. The standard InChI is InChI=1S/C10H13F2NO2S/c1-10(13,9(11)12)7-3-5-8(6-4-7)16(2,14)15/h3-6,9H,13H2,1-2H3. The summed E-state index contributed by atoms with van der Waals surface area (Å²) in [6.45, 7) is 1.20. The SMILES string of the molecule is CC(N)(c1ccc(S(C)(=O)=O)cc1)C(F)F. The van der Waals surface area contributed by atoms with Gasteiger partial charge in [0, 0.05) is 6.26 Å². The lowest BCUT2D eigenvalue weighted by molar-refractivity contribution is 0.0625. The molecule has 1 rings (SSSR count). The molecular weight excluding hydrogens is 236 g/mol. The molecule has 0 aliphatic heterocycles. The highest BCUT2D eigenvalue weighted by Gasteiger charge is 2.32. The fourth-order valence-corrected chi connectivity index (χ4v) is 1.82. The molecule has 1 aromatic carbocycles. The van der Waals surface area contributed by atoms with Crippen molar-refractivity contribution in [3.8, 4) is 0 Å². The summed E-state index contributed by atoms with van der Waals surface area (Å²) in [5, 5.41) is 0. The molecule has 1 unspecified atom stereocenters. The van der Waals surface area contributed by atoms with Crippen LogP contribution in [0.2, 0.25) is 0 Å². The summed E-state index contributed by atoms with van der Waals surface area (Å²) in [6.07, 6.45) is -1.66. The van der Waals surface area contributed by atoms with Gasteiger partial charge in [0.1, 0.15) is 0 Å². The van der Waals surface area contributed by atoms with Gasteiger partial charge < -0.3 is 5.73 Å². The monoisotopic (exact) mass is 249 g/mol. The van der Waals surface area contributed by atoms with E-state index in [1.165, 1.54) is 31.2 Å². The second kappa shape index (κ2) is 4.10. The normalized spacial score (nSPS) is 16.1. The van der Waals surface area contributed by atoms with E-state index in [1.807, 2.05) is 0 Å². The van der Waals surface area contributed by atoms with Crippen molar-refractivity contribution < 1.29 is 17.2 Å². The first-order chi connectivity index (χ1) is 7.15. The number of hydrogen-bond donors (Lipinski definition) is 1. The Morgan fingerprint density at radius 2 is 1.69 bits per heavy atom. The van der Waals surface area contributed by atoms with E-state index < -0.39 is 21.8 Å². The Morgan fingerprint density at radius 1 is 1.25 bits per heavy atom. The van der Waals surface area contributed by atoms with Crippen LogP contribution in [0.25, 0.3) is 0 Å². The summed E-state index contributed by atoms with van der Waals surface area (Å²) in [5.74, 6) is 0. The molecule has 90 valence electrons. The molecule has 1 aromatic rings. The van der Waals surface area contributed by atoms with Crippen LogP contribution in [0.5, 0.6) is 0 Å². The largest absolute Gasteiger partial charge is 0.317 e. The van der Waals surface area contributed by atoms with Crippen molar-refractivity contribution in [1.82, 2.24) is 0 Å². The van der Waals surface area contributed by atoms with Gasteiger partial charge >= 0.3 is 0 Å². The van der Waals surface area contributed by atoms with Crippen molar-refractivity contribution >= 4 is 9.84 Å². The number of hydrogen-bond acceptors (Lipinski definition) is 3. The highest BCUT2D eigenvalue weighted by molar-refractivity contribution is 7.90. The number of benzene rings is 1. The molecule has 2 N–H and O–H groups in total. The third-order valence-electron chi connectivity index (χ3n) is 2.36. The van der Waals surface area contributed by atoms with Crippen LogP contribution in [-0.2, 0) is 15.4 Å². The Morgan fingerprint density at radius 3 is 2.00 bits per heavy atom. The third kappa shape index (κ3) is 2.56. The van der Waals surface area contributed by atoms with Crippen LogP contribution in [0, 0.1) is 0 Å². The first-order valence-corrected chi connectivity index (χ1v) is 6.42. The number of alkyl halides is 2. The molecule has 3 nitrogen and oxygen atoms in total. The highest BCUT2D eigenvalue weighted by Crippen LogP contribution is 2.25. The van der Waals surface area contributed by atoms with E-state index in [4.69, 9.17) is 5.73 Å². The summed E-state index contributed by atoms with van der Waals surface area (Å²) in [4.78, 5) is 0.0846. The maximum absolute atomic E-state index is 12.6. The third-order valence-corrected chi connectivity index (χ3v) is 3.49. The molecule has 0 heterocycles. The van der Waals surface area contributed by atoms with Gasteiger partial charge in [-0.25, -0.2) is 17.2 Å². The Labute approximate surface area is 93.2 Å². The molecule has 0 saturated heterocycles. The fourth-order valence-electron chi connectivity index (χ4n) is 1.19. The summed E-state index contributed by atoms with van der Waals surface area (Å²) >= 11 is 0. The van der Waals surface area contributed by atoms with E-state index in [-0.39, 0.29) is 10.5 Å². The van der Waals surface area contributed by atoms with E-state index in [0.717, 1.165) is 6.26 Å². The average molecular weight is 249 g/mol. The predicted octanol–water partition coefficient (Wildman–Crippen LogP) is 1.53. The molecule has 0 amide bonds. The van der Waals surface area contributed by atoms with Gasteiger partial charge in [-0.3, -0.25) is 0 Å². The van der Waals surface area contributed by atoms with Crippen LogP contribution in [-0.4, -0.2) is 21.1 Å². The van der Waals surface area contributed by atoms with Crippen LogP contribution in [0.1, 0.15) is 12.5 Å². The van der Waals surface area contributed by atoms with E-state index in [1.54, 1.807) is 0 Å². The lowest BCUT2D eigenvalue weighted by Gasteiger charge is -2.24. The van der Waals surface area contributed by atoms with Crippen LogP contribution in [0.4, 0.5) is 8.78 Å². The Balaban J connectivity index is 3.14. The predicted molar refractivity (Wildman–Crippen MR) is 57.1 cm³/mol. The minimum atomic E-state index is -3.31. The molecular formula is C10H13F2NO2S. The van der Waals surface area contributed by atoms with Gasteiger partial charge in [-0.2, -0.15) is 0 Å². The summed E-state index contributed by atoms with van der Waals surface area (Å²) in [5.41, 5.74) is 3.88.